The van der Waals surface area contributed by atoms with Gasteiger partial charge in [0.05, 0.1) is 6.04 Å². The fourth-order valence-electron chi connectivity index (χ4n) is 3.60. The van der Waals surface area contributed by atoms with Crippen LogP contribution in [0.15, 0.2) is 30.3 Å². The van der Waals surface area contributed by atoms with Gasteiger partial charge in [-0.3, -0.25) is 4.90 Å². The number of amides is 1. The SMILES string of the molecule is CC(C)(C)OC(=O)N1C2C=C(c3cccc(OC(F)(F)C(F)F)c3)CC1CC2. The van der Waals surface area contributed by atoms with Gasteiger partial charge in [-0.15, -0.1) is 0 Å². The minimum Gasteiger partial charge on any atom is -0.444 e. The number of alkyl halides is 4. The first kappa shape index (κ1) is 20.5. The van der Waals surface area contributed by atoms with Crippen LogP contribution in [0.25, 0.3) is 5.57 Å². The van der Waals surface area contributed by atoms with Crippen molar-refractivity contribution in [3.63, 3.8) is 0 Å². The van der Waals surface area contributed by atoms with Crippen molar-refractivity contribution in [1.82, 2.24) is 4.90 Å². The summed E-state index contributed by atoms with van der Waals surface area (Å²) in [5.74, 6) is -0.328. The van der Waals surface area contributed by atoms with Gasteiger partial charge in [0.2, 0.25) is 0 Å². The molecule has 0 saturated carbocycles. The second-order valence-corrected chi connectivity index (χ2v) is 8.07. The van der Waals surface area contributed by atoms with Gasteiger partial charge in [-0.25, -0.2) is 4.79 Å². The molecule has 0 radical (unpaired) electrons. The third kappa shape index (κ3) is 4.42. The van der Waals surface area contributed by atoms with E-state index in [1.807, 2.05) is 6.08 Å². The molecule has 4 nitrogen and oxygen atoms in total. The van der Waals surface area contributed by atoms with E-state index in [2.05, 4.69) is 4.74 Å². The molecule has 28 heavy (non-hydrogen) atoms. The lowest BCUT2D eigenvalue weighted by molar-refractivity contribution is -0.253. The van der Waals surface area contributed by atoms with E-state index in [1.165, 1.54) is 18.2 Å². The molecule has 2 aliphatic rings. The third-order valence-electron chi connectivity index (χ3n) is 4.71. The van der Waals surface area contributed by atoms with E-state index in [-0.39, 0.29) is 23.9 Å². The van der Waals surface area contributed by atoms with Crippen LogP contribution in [0.5, 0.6) is 5.75 Å². The first-order valence-corrected chi connectivity index (χ1v) is 9.14. The van der Waals surface area contributed by atoms with E-state index in [4.69, 9.17) is 4.74 Å². The number of fused-ring (bicyclic) bond motifs is 2. The first-order chi connectivity index (χ1) is 13.0. The van der Waals surface area contributed by atoms with Crippen LogP contribution in [0, 0.1) is 0 Å². The number of rotatable bonds is 4. The molecule has 0 aromatic heterocycles. The molecule has 8 heteroatoms. The molecular formula is C20H23F4NO3. The van der Waals surface area contributed by atoms with Gasteiger partial charge in [0.25, 0.3) is 0 Å². The van der Waals surface area contributed by atoms with Gasteiger partial charge in [0.15, 0.2) is 0 Å². The zero-order valence-corrected chi connectivity index (χ0v) is 15.9. The van der Waals surface area contributed by atoms with E-state index in [0.29, 0.717) is 12.0 Å². The zero-order valence-electron chi connectivity index (χ0n) is 15.9. The van der Waals surface area contributed by atoms with Crippen LogP contribution in [0.1, 0.15) is 45.6 Å². The second-order valence-electron chi connectivity index (χ2n) is 8.07. The van der Waals surface area contributed by atoms with Crippen molar-refractivity contribution in [3.8, 4) is 5.75 Å². The molecule has 2 bridgehead atoms. The number of benzene rings is 1. The lowest BCUT2D eigenvalue weighted by atomic mass is 9.95. The summed E-state index contributed by atoms with van der Waals surface area (Å²) in [7, 11) is 0. The number of halogens is 4. The zero-order chi connectivity index (χ0) is 20.7. The Kier molecular flexibility index (Phi) is 5.34. The number of carbonyl (C=O) groups is 1. The predicted molar refractivity (Wildman–Crippen MR) is 95.5 cm³/mol. The number of ether oxygens (including phenoxy) is 2. The fourth-order valence-corrected chi connectivity index (χ4v) is 3.60. The van der Waals surface area contributed by atoms with Crippen molar-refractivity contribution < 1.29 is 31.8 Å². The molecule has 3 rings (SSSR count). The molecule has 0 spiro atoms. The van der Waals surface area contributed by atoms with Gasteiger partial charge in [-0.2, -0.15) is 17.6 Å². The highest BCUT2D eigenvalue weighted by molar-refractivity contribution is 5.75. The van der Waals surface area contributed by atoms with Crippen molar-refractivity contribution in [2.75, 3.05) is 0 Å². The molecule has 1 amide bonds. The van der Waals surface area contributed by atoms with Gasteiger partial charge >= 0.3 is 18.6 Å². The Hall–Kier alpha value is -2.25. The Morgan fingerprint density at radius 2 is 1.93 bits per heavy atom. The maximum atomic E-state index is 13.2. The molecule has 1 aromatic carbocycles. The number of carbonyl (C=O) groups excluding carboxylic acids is 1. The lowest BCUT2D eigenvalue weighted by Crippen LogP contribution is -2.45. The van der Waals surface area contributed by atoms with E-state index in [9.17, 15) is 22.4 Å². The predicted octanol–water partition coefficient (Wildman–Crippen LogP) is 5.48. The second kappa shape index (κ2) is 7.29. The Morgan fingerprint density at radius 1 is 1.21 bits per heavy atom. The van der Waals surface area contributed by atoms with Crippen LogP contribution < -0.4 is 4.74 Å². The van der Waals surface area contributed by atoms with Crippen LogP contribution in [0.2, 0.25) is 0 Å². The maximum absolute atomic E-state index is 13.2. The minimum atomic E-state index is -4.55. The van der Waals surface area contributed by atoms with Crippen molar-refractivity contribution in [2.45, 2.75) is 70.3 Å². The molecule has 1 saturated heterocycles. The first-order valence-electron chi connectivity index (χ1n) is 9.14. The highest BCUT2D eigenvalue weighted by atomic mass is 19.3. The van der Waals surface area contributed by atoms with Gasteiger partial charge < -0.3 is 9.47 Å². The molecule has 0 aliphatic carbocycles. The summed E-state index contributed by atoms with van der Waals surface area (Å²) in [5, 5.41) is 0. The van der Waals surface area contributed by atoms with Crippen LogP contribution in [-0.4, -0.2) is 41.2 Å². The average Bonchev–Trinajstić information content (AvgIpc) is 2.83. The van der Waals surface area contributed by atoms with E-state index >= 15 is 0 Å². The van der Waals surface area contributed by atoms with E-state index < -0.39 is 18.1 Å². The van der Waals surface area contributed by atoms with E-state index in [1.54, 1.807) is 31.7 Å². The normalized spacial score (nSPS) is 22.3. The van der Waals surface area contributed by atoms with Crippen molar-refractivity contribution in [1.29, 1.82) is 0 Å². The minimum absolute atomic E-state index is 0.0491. The van der Waals surface area contributed by atoms with Gasteiger partial charge in [0, 0.05) is 6.04 Å². The highest BCUT2D eigenvalue weighted by Gasteiger charge is 2.44. The molecule has 1 aromatic rings. The molecule has 2 heterocycles. The largest absolute Gasteiger partial charge is 0.461 e. The van der Waals surface area contributed by atoms with Gasteiger partial charge in [-0.05, 0) is 63.3 Å². The summed E-state index contributed by atoms with van der Waals surface area (Å²) >= 11 is 0. The Labute approximate surface area is 161 Å². The highest BCUT2D eigenvalue weighted by Crippen LogP contribution is 2.40. The fraction of sp³-hybridized carbons (Fsp3) is 0.550. The van der Waals surface area contributed by atoms with Gasteiger partial charge in [0.1, 0.15) is 11.4 Å². The van der Waals surface area contributed by atoms with Crippen molar-refractivity contribution in [3.05, 3.63) is 35.9 Å². The summed E-state index contributed by atoms with van der Waals surface area (Å²) < 4.78 is 60.7. The summed E-state index contributed by atoms with van der Waals surface area (Å²) in [6.45, 7) is 5.41. The van der Waals surface area contributed by atoms with Crippen molar-refractivity contribution >= 4 is 11.7 Å². The quantitative estimate of drug-likeness (QED) is 0.628. The number of hydrogen-bond donors (Lipinski definition) is 0. The molecule has 1 fully saturated rings. The Balaban J connectivity index is 1.79. The average molecular weight is 401 g/mol. The monoisotopic (exact) mass is 401 g/mol. The molecule has 2 aliphatic heterocycles. The van der Waals surface area contributed by atoms with Gasteiger partial charge in [-0.1, -0.05) is 18.2 Å². The summed E-state index contributed by atoms with van der Waals surface area (Å²) in [4.78, 5) is 14.2. The maximum Gasteiger partial charge on any atom is 0.461 e. The molecule has 2 unspecified atom stereocenters. The van der Waals surface area contributed by atoms with Crippen LogP contribution in [-0.2, 0) is 4.74 Å². The number of hydrogen-bond acceptors (Lipinski definition) is 3. The smallest absolute Gasteiger partial charge is 0.444 e. The molecule has 154 valence electrons. The topological polar surface area (TPSA) is 38.8 Å². The standard InChI is InChI=1S/C20H23F4NO3/c1-19(2,3)28-18(26)25-14-7-8-15(25)10-13(9-14)12-5-4-6-16(11-12)27-20(23,24)17(21)22/h4-6,9,11,14-15,17H,7-8,10H2,1-3H3. The van der Waals surface area contributed by atoms with Crippen molar-refractivity contribution in [2.24, 2.45) is 0 Å². The molecule has 2 atom stereocenters. The third-order valence-corrected chi connectivity index (χ3v) is 4.71. The van der Waals surface area contributed by atoms with Crippen LogP contribution >= 0.6 is 0 Å². The van der Waals surface area contributed by atoms with Crippen LogP contribution in [0.4, 0.5) is 22.4 Å². The Morgan fingerprint density at radius 3 is 2.54 bits per heavy atom. The summed E-state index contributed by atoms with van der Waals surface area (Å²) in [5.41, 5.74) is 0.892. The number of nitrogens with zero attached hydrogens (tertiary/aromatic N) is 1. The van der Waals surface area contributed by atoms with Crippen LogP contribution in [0.3, 0.4) is 0 Å². The van der Waals surface area contributed by atoms with E-state index in [0.717, 1.165) is 18.4 Å². The molecule has 0 N–H and O–H groups in total. The summed E-state index contributed by atoms with van der Waals surface area (Å²) in [6, 6.07) is 5.54. The summed E-state index contributed by atoms with van der Waals surface area (Å²) in [6.07, 6.45) is -4.79. The Bertz CT molecular complexity index is 773. The lowest BCUT2D eigenvalue weighted by Gasteiger charge is -2.35. The molecular weight excluding hydrogens is 378 g/mol.